The molecule has 0 saturated carbocycles. The first-order chi connectivity index (χ1) is 9.46. The lowest BCUT2D eigenvalue weighted by atomic mass is 10.2. The third-order valence-electron chi connectivity index (χ3n) is 3.51. The minimum atomic E-state index is -3.51. The van der Waals surface area contributed by atoms with E-state index >= 15 is 0 Å². The number of sulfonamides is 1. The van der Waals surface area contributed by atoms with Crippen LogP contribution in [0.1, 0.15) is 25.8 Å². The summed E-state index contributed by atoms with van der Waals surface area (Å²) in [5, 5.41) is 12.1. The van der Waals surface area contributed by atoms with Crippen molar-refractivity contribution in [3.05, 3.63) is 23.8 Å². The summed E-state index contributed by atoms with van der Waals surface area (Å²) in [6.07, 6.45) is 1.38. The van der Waals surface area contributed by atoms with E-state index in [0.29, 0.717) is 17.9 Å². The van der Waals surface area contributed by atoms with E-state index in [1.54, 1.807) is 12.1 Å². The fourth-order valence-electron chi connectivity index (χ4n) is 2.45. The molecule has 0 atom stereocenters. The van der Waals surface area contributed by atoms with E-state index in [2.05, 4.69) is 5.32 Å². The van der Waals surface area contributed by atoms with E-state index in [-0.39, 0.29) is 12.6 Å². The highest BCUT2D eigenvalue weighted by Gasteiger charge is 2.27. The minimum Gasteiger partial charge on any atom is -0.396 e. The lowest BCUT2D eigenvalue weighted by Crippen LogP contribution is -2.38. The number of aliphatic hydroxyl groups excluding tert-OH is 1. The van der Waals surface area contributed by atoms with E-state index in [1.165, 1.54) is 4.31 Å². The Labute approximate surface area is 120 Å². The van der Waals surface area contributed by atoms with E-state index in [9.17, 15) is 8.42 Å². The minimum absolute atomic E-state index is 0.00944. The Morgan fingerprint density at radius 3 is 2.80 bits per heavy atom. The molecule has 0 fully saturated rings. The van der Waals surface area contributed by atoms with Gasteiger partial charge in [-0.25, -0.2) is 8.42 Å². The first-order valence-corrected chi connectivity index (χ1v) is 8.40. The summed E-state index contributed by atoms with van der Waals surface area (Å²) in [4.78, 5) is 0.317. The van der Waals surface area contributed by atoms with Gasteiger partial charge in [-0.2, -0.15) is 4.31 Å². The van der Waals surface area contributed by atoms with Crippen molar-refractivity contribution >= 4 is 15.7 Å². The molecule has 1 aliphatic heterocycles. The fourth-order valence-corrected chi connectivity index (χ4v) is 4.15. The van der Waals surface area contributed by atoms with Crippen LogP contribution in [-0.2, 0) is 16.4 Å². The molecule has 20 heavy (non-hydrogen) atoms. The Hall–Kier alpha value is -1.11. The van der Waals surface area contributed by atoms with Gasteiger partial charge in [0.05, 0.1) is 4.90 Å². The Balaban J connectivity index is 2.32. The second-order valence-electron chi connectivity index (χ2n) is 5.28. The van der Waals surface area contributed by atoms with Crippen molar-refractivity contribution in [3.8, 4) is 0 Å². The SMILES string of the molecule is CC(C)N(CCCO)S(=O)(=O)c1ccc2c(c1)NCC2. The van der Waals surface area contributed by atoms with Crippen LogP contribution >= 0.6 is 0 Å². The zero-order valence-electron chi connectivity index (χ0n) is 12.0. The van der Waals surface area contributed by atoms with Crippen molar-refractivity contribution in [2.75, 3.05) is 25.0 Å². The van der Waals surface area contributed by atoms with Crippen LogP contribution in [0.4, 0.5) is 5.69 Å². The molecule has 1 aromatic rings. The number of fused-ring (bicyclic) bond motifs is 1. The van der Waals surface area contributed by atoms with Crippen LogP contribution in [0, 0.1) is 0 Å². The molecule has 0 saturated heterocycles. The molecule has 1 heterocycles. The summed E-state index contributed by atoms with van der Waals surface area (Å²) in [6, 6.07) is 5.14. The Morgan fingerprint density at radius 2 is 2.15 bits per heavy atom. The average Bonchev–Trinajstić information content (AvgIpc) is 2.85. The smallest absolute Gasteiger partial charge is 0.243 e. The van der Waals surface area contributed by atoms with Gasteiger partial charge in [0.15, 0.2) is 0 Å². The molecule has 0 spiro atoms. The van der Waals surface area contributed by atoms with Gasteiger partial charge in [-0.15, -0.1) is 0 Å². The molecule has 0 aliphatic carbocycles. The Bertz CT molecular complexity index is 570. The number of hydrogen-bond acceptors (Lipinski definition) is 4. The van der Waals surface area contributed by atoms with Gasteiger partial charge in [-0.3, -0.25) is 0 Å². The van der Waals surface area contributed by atoms with Gasteiger partial charge >= 0.3 is 0 Å². The maximum atomic E-state index is 12.7. The molecule has 2 N–H and O–H groups in total. The molecule has 0 aromatic heterocycles. The molecular formula is C14H22N2O3S. The van der Waals surface area contributed by atoms with Crippen molar-refractivity contribution in [3.63, 3.8) is 0 Å². The van der Waals surface area contributed by atoms with Crippen molar-refractivity contribution < 1.29 is 13.5 Å². The first kappa shape index (κ1) is 15.3. The number of nitrogens with zero attached hydrogens (tertiary/aromatic N) is 1. The van der Waals surface area contributed by atoms with E-state index in [4.69, 9.17) is 5.11 Å². The maximum Gasteiger partial charge on any atom is 0.243 e. The van der Waals surface area contributed by atoms with Gasteiger partial charge in [0.2, 0.25) is 10.0 Å². The van der Waals surface area contributed by atoms with Gasteiger partial charge in [-0.05, 0) is 44.4 Å². The predicted octanol–water partition coefficient (Wildman–Crippen LogP) is 1.44. The number of rotatable bonds is 6. The highest BCUT2D eigenvalue weighted by molar-refractivity contribution is 7.89. The lowest BCUT2D eigenvalue weighted by Gasteiger charge is -2.25. The second kappa shape index (κ2) is 6.11. The summed E-state index contributed by atoms with van der Waals surface area (Å²) in [5.74, 6) is 0. The average molecular weight is 298 g/mol. The first-order valence-electron chi connectivity index (χ1n) is 6.96. The molecule has 6 heteroatoms. The van der Waals surface area contributed by atoms with Crippen LogP contribution in [0.2, 0.25) is 0 Å². The van der Waals surface area contributed by atoms with E-state index in [0.717, 1.165) is 24.2 Å². The Morgan fingerprint density at radius 1 is 1.40 bits per heavy atom. The normalized spacial score (nSPS) is 14.7. The molecule has 0 bridgehead atoms. The summed E-state index contributed by atoms with van der Waals surface area (Å²) >= 11 is 0. The van der Waals surface area contributed by atoms with Crippen LogP contribution in [0.3, 0.4) is 0 Å². The summed E-state index contributed by atoms with van der Waals surface area (Å²) in [5.41, 5.74) is 2.08. The molecular weight excluding hydrogens is 276 g/mol. The topological polar surface area (TPSA) is 69.6 Å². The fraction of sp³-hybridized carbons (Fsp3) is 0.571. The summed E-state index contributed by atoms with van der Waals surface area (Å²) < 4.78 is 26.8. The summed E-state index contributed by atoms with van der Waals surface area (Å²) in [7, 11) is -3.51. The van der Waals surface area contributed by atoms with Gasteiger partial charge in [0.1, 0.15) is 0 Å². The lowest BCUT2D eigenvalue weighted by molar-refractivity contribution is 0.258. The third kappa shape index (κ3) is 2.97. The molecule has 112 valence electrons. The number of hydrogen-bond donors (Lipinski definition) is 2. The molecule has 5 nitrogen and oxygen atoms in total. The molecule has 0 amide bonds. The number of anilines is 1. The molecule has 1 aromatic carbocycles. The van der Waals surface area contributed by atoms with E-state index in [1.807, 2.05) is 19.9 Å². The maximum absolute atomic E-state index is 12.7. The standard InChI is InChI=1S/C14H22N2O3S/c1-11(2)16(8-3-9-17)20(18,19)13-5-4-12-6-7-15-14(12)10-13/h4-5,10-11,15,17H,3,6-9H2,1-2H3. The van der Waals surface area contributed by atoms with Crippen LogP contribution in [0.5, 0.6) is 0 Å². The monoisotopic (exact) mass is 298 g/mol. The van der Waals surface area contributed by atoms with Crippen molar-refractivity contribution in [1.82, 2.24) is 4.31 Å². The van der Waals surface area contributed by atoms with Gasteiger partial charge in [0, 0.05) is 31.4 Å². The highest BCUT2D eigenvalue weighted by atomic mass is 32.2. The van der Waals surface area contributed by atoms with Crippen LogP contribution in [0.15, 0.2) is 23.1 Å². The number of aliphatic hydroxyl groups is 1. The zero-order valence-corrected chi connectivity index (χ0v) is 12.8. The third-order valence-corrected chi connectivity index (χ3v) is 5.58. The van der Waals surface area contributed by atoms with Crippen molar-refractivity contribution in [2.45, 2.75) is 37.6 Å². The van der Waals surface area contributed by atoms with Crippen molar-refractivity contribution in [2.24, 2.45) is 0 Å². The molecule has 2 rings (SSSR count). The zero-order chi connectivity index (χ0) is 14.8. The van der Waals surface area contributed by atoms with Gasteiger partial charge in [-0.1, -0.05) is 6.07 Å². The Kier molecular flexibility index (Phi) is 4.67. The van der Waals surface area contributed by atoms with Gasteiger partial charge < -0.3 is 10.4 Å². The van der Waals surface area contributed by atoms with Crippen LogP contribution in [0.25, 0.3) is 0 Å². The van der Waals surface area contributed by atoms with Crippen molar-refractivity contribution in [1.29, 1.82) is 0 Å². The quantitative estimate of drug-likeness (QED) is 0.834. The number of benzene rings is 1. The molecule has 0 radical (unpaired) electrons. The second-order valence-corrected chi connectivity index (χ2v) is 7.17. The van der Waals surface area contributed by atoms with Crippen LogP contribution < -0.4 is 5.32 Å². The van der Waals surface area contributed by atoms with Crippen LogP contribution in [-0.4, -0.2) is 43.6 Å². The van der Waals surface area contributed by atoms with Gasteiger partial charge in [0.25, 0.3) is 0 Å². The largest absolute Gasteiger partial charge is 0.396 e. The summed E-state index contributed by atoms with van der Waals surface area (Å²) in [6.45, 7) is 4.88. The molecule has 1 aliphatic rings. The number of nitrogens with one attached hydrogen (secondary N) is 1. The highest BCUT2D eigenvalue weighted by Crippen LogP contribution is 2.27. The van der Waals surface area contributed by atoms with E-state index < -0.39 is 10.0 Å². The molecule has 0 unspecified atom stereocenters. The predicted molar refractivity (Wildman–Crippen MR) is 79.4 cm³/mol.